The van der Waals surface area contributed by atoms with Gasteiger partial charge >= 0.3 is 0 Å². The molecular weight excluding hydrogens is 334 g/mol. The van der Waals surface area contributed by atoms with E-state index in [0.29, 0.717) is 19.8 Å². The average Bonchev–Trinajstić information content (AvgIpc) is 2.74. The van der Waals surface area contributed by atoms with E-state index in [4.69, 9.17) is 9.47 Å². The summed E-state index contributed by atoms with van der Waals surface area (Å²) in [5.41, 5.74) is 2.06. The number of nitrogens with one attached hydrogen (secondary N) is 1. The van der Waals surface area contributed by atoms with Crippen LogP contribution in [-0.2, 0) is 13.1 Å². The third-order valence-electron chi connectivity index (χ3n) is 3.12. The maximum Gasteiger partial charge on any atom is 0.175 e. The molecule has 3 rings (SSSR count). The standard InChI is InChI=1S/C15H16BrN3O2/c16-13-7-11(8-14-15(13)21-6-2-5-20-14)9-17-10-12-3-1-4-18-19-12/h1,3-4,7-8,17H,2,5-6,9-10H2. The summed E-state index contributed by atoms with van der Waals surface area (Å²) in [5, 5.41) is 11.3. The highest BCUT2D eigenvalue weighted by Gasteiger charge is 2.15. The van der Waals surface area contributed by atoms with Crippen LogP contribution in [-0.4, -0.2) is 23.4 Å². The minimum absolute atomic E-state index is 0.680. The van der Waals surface area contributed by atoms with Crippen LogP contribution in [0.25, 0.3) is 0 Å². The Morgan fingerprint density at radius 1 is 1.19 bits per heavy atom. The molecule has 0 saturated heterocycles. The number of ether oxygens (including phenoxy) is 2. The molecular formula is C15H16BrN3O2. The van der Waals surface area contributed by atoms with Crippen LogP contribution in [0.2, 0.25) is 0 Å². The summed E-state index contributed by atoms with van der Waals surface area (Å²) in [7, 11) is 0. The molecule has 2 aromatic rings. The zero-order valence-electron chi connectivity index (χ0n) is 11.5. The van der Waals surface area contributed by atoms with E-state index in [2.05, 4.69) is 37.5 Å². The van der Waals surface area contributed by atoms with Crippen molar-refractivity contribution in [1.29, 1.82) is 0 Å². The first kappa shape index (κ1) is 14.3. The van der Waals surface area contributed by atoms with Crippen molar-refractivity contribution in [2.24, 2.45) is 0 Å². The van der Waals surface area contributed by atoms with Crippen molar-refractivity contribution in [3.8, 4) is 11.5 Å². The molecule has 0 unspecified atom stereocenters. The lowest BCUT2D eigenvalue weighted by Gasteiger charge is -2.12. The minimum Gasteiger partial charge on any atom is -0.490 e. The molecule has 1 N–H and O–H groups in total. The molecule has 6 heteroatoms. The number of benzene rings is 1. The first-order chi connectivity index (χ1) is 10.3. The van der Waals surface area contributed by atoms with Gasteiger partial charge in [0.25, 0.3) is 0 Å². The van der Waals surface area contributed by atoms with Gasteiger partial charge in [0.1, 0.15) is 0 Å². The molecule has 1 aliphatic heterocycles. The van der Waals surface area contributed by atoms with Crippen LogP contribution in [0.15, 0.2) is 34.9 Å². The molecule has 0 aliphatic carbocycles. The Balaban J connectivity index is 1.66. The van der Waals surface area contributed by atoms with Crippen LogP contribution in [0.4, 0.5) is 0 Å². The summed E-state index contributed by atoms with van der Waals surface area (Å²) in [6, 6.07) is 7.91. The van der Waals surface area contributed by atoms with Crippen LogP contribution in [0.3, 0.4) is 0 Å². The van der Waals surface area contributed by atoms with Crippen molar-refractivity contribution in [3.63, 3.8) is 0 Å². The second-order valence-electron chi connectivity index (χ2n) is 4.77. The van der Waals surface area contributed by atoms with Crippen molar-refractivity contribution >= 4 is 15.9 Å². The summed E-state index contributed by atoms with van der Waals surface area (Å²) < 4.78 is 12.4. The maximum absolute atomic E-state index is 5.73. The fraction of sp³-hybridized carbons (Fsp3) is 0.333. The highest BCUT2D eigenvalue weighted by Crippen LogP contribution is 2.38. The molecule has 110 valence electrons. The Morgan fingerprint density at radius 3 is 2.95 bits per heavy atom. The number of rotatable bonds is 4. The highest BCUT2D eigenvalue weighted by atomic mass is 79.9. The van der Waals surface area contributed by atoms with Crippen molar-refractivity contribution in [2.75, 3.05) is 13.2 Å². The Bertz CT molecular complexity index is 607. The number of hydrogen-bond acceptors (Lipinski definition) is 5. The van der Waals surface area contributed by atoms with E-state index in [0.717, 1.165) is 40.2 Å². The third-order valence-corrected chi connectivity index (χ3v) is 3.71. The lowest BCUT2D eigenvalue weighted by Crippen LogP contribution is -2.14. The Morgan fingerprint density at radius 2 is 2.10 bits per heavy atom. The molecule has 1 aromatic carbocycles. The topological polar surface area (TPSA) is 56.3 Å². The van der Waals surface area contributed by atoms with Crippen LogP contribution in [0, 0.1) is 0 Å². The second-order valence-corrected chi connectivity index (χ2v) is 5.63. The lowest BCUT2D eigenvalue weighted by atomic mass is 10.2. The largest absolute Gasteiger partial charge is 0.490 e. The first-order valence-corrected chi connectivity index (χ1v) is 7.67. The molecule has 0 saturated carbocycles. The monoisotopic (exact) mass is 349 g/mol. The molecule has 0 bridgehead atoms. The van der Waals surface area contributed by atoms with Gasteiger partial charge in [-0.2, -0.15) is 10.2 Å². The van der Waals surface area contributed by atoms with Gasteiger partial charge in [-0.25, -0.2) is 0 Å². The number of aromatic nitrogens is 2. The quantitative estimate of drug-likeness (QED) is 0.919. The summed E-state index contributed by atoms with van der Waals surface area (Å²) in [6.07, 6.45) is 2.58. The number of hydrogen-bond donors (Lipinski definition) is 1. The van der Waals surface area contributed by atoms with E-state index < -0.39 is 0 Å². The Kier molecular flexibility index (Phi) is 4.67. The second kappa shape index (κ2) is 6.87. The number of halogens is 1. The SMILES string of the molecule is Brc1cc(CNCc2cccnn2)cc2c1OCCCO2. The van der Waals surface area contributed by atoms with Gasteiger partial charge in [-0.05, 0) is 45.8 Å². The molecule has 1 aromatic heterocycles. The van der Waals surface area contributed by atoms with Crippen LogP contribution >= 0.6 is 15.9 Å². The number of nitrogens with zero attached hydrogens (tertiary/aromatic N) is 2. The molecule has 0 fully saturated rings. The van der Waals surface area contributed by atoms with Gasteiger partial charge in [0.2, 0.25) is 0 Å². The van der Waals surface area contributed by atoms with E-state index in [-0.39, 0.29) is 0 Å². The summed E-state index contributed by atoms with van der Waals surface area (Å²) >= 11 is 3.55. The molecule has 0 atom stereocenters. The predicted octanol–water partition coefficient (Wildman–Crippen LogP) is 2.69. The van der Waals surface area contributed by atoms with E-state index >= 15 is 0 Å². The maximum atomic E-state index is 5.73. The molecule has 0 amide bonds. The van der Waals surface area contributed by atoms with E-state index in [1.807, 2.05) is 18.2 Å². The van der Waals surface area contributed by atoms with Gasteiger partial charge in [0, 0.05) is 25.7 Å². The molecule has 0 radical (unpaired) electrons. The van der Waals surface area contributed by atoms with Crippen LogP contribution < -0.4 is 14.8 Å². The number of fused-ring (bicyclic) bond motifs is 1. The predicted molar refractivity (Wildman–Crippen MR) is 82.3 cm³/mol. The van der Waals surface area contributed by atoms with E-state index in [9.17, 15) is 0 Å². The van der Waals surface area contributed by atoms with Crippen molar-refractivity contribution in [3.05, 3.63) is 46.2 Å². The van der Waals surface area contributed by atoms with E-state index in [1.54, 1.807) is 6.20 Å². The zero-order valence-corrected chi connectivity index (χ0v) is 13.1. The van der Waals surface area contributed by atoms with E-state index in [1.165, 1.54) is 0 Å². The van der Waals surface area contributed by atoms with Gasteiger partial charge in [-0.15, -0.1) is 0 Å². The normalized spacial score (nSPS) is 13.8. The molecule has 5 nitrogen and oxygen atoms in total. The Labute approximate surface area is 131 Å². The molecule has 1 aliphatic rings. The smallest absolute Gasteiger partial charge is 0.175 e. The van der Waals surface area contributed by atoms with Gasteiger partial charge in [0.15, 0.2) is 11.5 Å². The van der Waals surface area contributed by atoms with Crippen LogP contribution in [0.1, 0.15) is 17.7 Å². The van der Waals surface area contributed by atoms with Gasteiger partial charge in [-0.1, -0.05) is 0 Å². The minimum atomic E-state index is 0.680. The van der Waals surface area contributed by atoms with Gasteiger partial charge < -0.3 is 14.8 Å². The lowest BCUT2D eigenvalue weighted by molar-refractivity contribution is 0.296. The highest BCUT2D eigenvalue weighted by molar-refractivity contribution is 9.10. The summed E-state index contributed by atoms with van der Waals surface area (Å²) in [6.45, 7) is 2.79. The fourth-order valence-electron chi connectivity index (χ4n) is 2.15. The zero-order chi connectivity index (χ0) is 14.5. The summed E-state index contributed by atoms with van der Waals surface area (Å²) in [5.74, 6) is 1.60. The van der Waals surface area contributed by atoms with Crippen molar-refractivity contribution < 1.29 is 9.47 Å². The average molecular weight is 350 g/mol. The Hall–Kier alpha value is -1.66. The van der Waals surface area contributed by atoms with Crippen LogP contribution in [0.5, 0.6) is 11.5 Å². The van der Waals surface area contributed by atoms with Gasteiger partial charge in [0.05, 0.1) is 23.4 Å². The third kappa shape index (κ3) is 3.71. The summed E-state index contributed by atoms with van der Waals surface area (Å²) in [4.78, 5) is 0. The fourth-order valence-corrected chi connectivity index (χ4v) is 2.75. The van der Waals surface area contributed by atoms with Crippen molar-refractivity contribution in [1.82, 2.24) is 15.5 Å². The first-order valence-electron chi connectivity index (χ1n) is 6.88. The van der Waals surface area contributed by atoms with Gasteiger partial charge in [-0.3, -0.25) is 0 Å². The molecule has 2 heterocycles. The molecule has 21 heavy (non-hydrogen) atoms. The molecule has 0 spiro atoms. The van der Waals surface area contributed by atoms with Crippen molar-refractivity contribution in [2.45, 2.75) is 19.5 Å².